The summed E-state index contributed by atoms with van der Waals surface area (Å²) in [6.07, 6.45) is 0. The van der Waals surface area contributed by atoms with Gasteiger partial charge in [0.05, 0.1) is 11.3 Å². The molecule has 118 valence electrons. The molecule has 5 heteroatoms. The fourth-order valence-corrected chi connectivity index (χ4v) is 2.67. The van der Waals surface area contributed by atoms with Crippen LogP contribution in [0.5, 0.6) is 0 Å². The number of carbonyl (C=O) groups excluding carboxylic acids is 1. The maximum atomic E-state index is 12.3. The number of nitrogens with one attached hydrogen (secondary N) is 1. The molecule has 0 saturated heterocycles. The second kappa shape index (κ2) is 6.22. The molecule has 2 rings (SSSR count). The number of aromatic nitrogens is 1. The zero-order chi connectivity index (χ0) is 16.4. The van der Waals surface area contributed by atoms with Crippen LogP contribution in [0.4, 0.5) is 4.79 Å². The van der Waals surface area contributed by atoms with E-state index < -0.39 is 11.7 Å². The molecule has 5 nitrogen and oxygen atoms in total. The van der Waals surface area contributed by atoms with Gasteiger partial charge < -0.3 is 9.84 Å². The van der Waals surface area contributed by atoms with E-state index in [9.17, 15) is 9.59 Å². The topological polar surface area (TPSA) is 64.2 Å². The lowest BCUT2D eigenvalue weighted by molar-refractivity contribution is 0.205. The van der Waals surface area contributed by atoms with Gasteiger partial charge in [-0.2, -0.15) is 0 Å². The summed E-state index contributed by atoms with van der Waals surface area (Å²) in [6, 6.07) is 5.57. The van der Waals surface area contributed by atoms with Crippen LogP contribution in [-0.2, 0) is 6.54 Å². The van der Waals surface area contributed by atoms with E-state index in [0.717, 1.165) is 21.4 Å². The number of amides is 1. The van der Waals surface area contributed by atoms with Crippen LogP contribution in [0.25, 0.3) is 0 Å². The molecule has 0 aliphatic heterocycles. The first kappa shape index (κ1) is 16.1. The lowest BCUT2D eigenvalue weighted by atomic mass is 10.0. The third kappa shape index (κ3) is 2.98. The van der Waals surface area contributed by atoms with E-state index >= 15 is 0 Å². The Morgan fingerprint density at radius 2 is 1.82 bits per heavy atom. The monoisotopic (exact) mass is 302 g/mol. The lowest BCUT2D eigenvalue weighted by Crippen LogP contribution is -2.29. The summed E-state index contributed by atoms with van der Waals surface area (Å²) in [7, 11) is 0. The summed E-state index contributed by atoms with van der Waals surface area (Å²) < 4.78 is 6.11. The molecule has 1 aromatic carbocycles. The zero-order valence-electron chi connectivity index (χ0n) is 13.7. The van der Waals surface area contributed by atoms with Gasteiger partial charge in [0.1, 0.15) is 0 Å². The Hall–Kier alpha value is -2.30. The van der Waals surface area contributed by atoms with Crippen LogP contribution in [0.15, 0.2) is 27.5 Å². The van der Waals surface area contributed by atoms with Crippen molar-refractivity contribution in [3.05, 3.63) is 56.6 Å². The highest BCUT2D eigenvalue weighted by Gasteiger charge is 2.20. The normalized spacial score (nSPS) is 11.0. The molecule has 1 heterocycles. The summed E-state index contributed by atoms with van der Waals surface area (Å²) >= 11 is 0. The molecule has 0 saturated carbocycles. The average Bonchev–Trinajstić information content (AvgIpc) is 2.73. The molecule has 0 aliphatic carbocycles. The smallest absolute Gasteiger partial charge is 0.331 e. The molecular weight excluding hydrogens is 280 g/mol. The van der Waals surface area contributed by atoms with Crippen LogP contribution in [0, 0.1) is 20.8 Å². The van der Waals surface area contributed by atoms with Gasteiger partial charge in [0.2, 0.25) is 0 Å². The third-order valence-electron chi connectivity index (χ3n) is 3.91. The van der Waals surface area contributed by atoms with E-state index in [1.165, 1.54) is 0 Å². The van der Waals surface area contributed by atoms with Gasteiger partial charge in [0.25, 0.3) is 0 Å². The Morgan fingerprint density at radius 1 is 1.23 bits per heavy atom. The van der Waals surface area contributed by atoms with Crippen molar-refractivity contribution in [2.45, 2.75) is 47.1 Å². The van der Waals surface area contributed by atoms with Crippen LogP contribution in [0.2, 0.25) is 0 Å². The number of hydrogen-bond donors (Lipinski definition) is 1. The molecule has 0 fully saturated rings. The second-order valence-corrected chi connectivity index (χ2v) is 5.86. The Kier molecular flexibility index (Phi) is 4.54. The molecule has 0 unspecified atom stereocenters. The first-order chi connectivity index (χ1) is 10.3. The lowest BCUT2D eigenvalue weighted by Gasteiger charge is -2.11. The minimum atomic E-state index is -0.449. The fraction of sp³-hybridized carbons (Fsp3) is 0.412. The van der Waals surface area contributed by atoms with E-state index in [4.69, 9.17) is 4.52 Å². The number of benzene rings is 1. The fourth-order valence-electron chi connectivity index (χ4n) is 2.67. The molecular formula is C17H22N2O3. The molecule has 0 atom stereocenters. The van der Waals surface area contributed by atoms with Crippen molar-refractivity contribution in [3.8, 4) is 0 Å². The largest absolute Gasteiger partial charge is 0.361 e. The van der Waals surface area contributed by atoms with Crippen molar-refractivity contribution in [2.75, 3.05) is 0 Å². The SMILES string of the molecule is Cc1cccc(C)c1CNC(=O)n1oc(=O)c(C(C)C)c1C. The van der Waals surface area contributed by atoms with Gasteiger partial charge >= 0.3 is 11.7 Å². The Labute approximate surface area is 129 Å². The quantitative estimate of drug-likeness (QED) is 0.946. The first-order valence-corrected chi connectivity index (χ1v) is 7.39. The van der Waals surface area contributed by atoms with Crippen LogP contribution in [-0.4, -0.2) is 10.8 Å². The maximum absolute atomic E-state index is 12.3. The maximum Gasteiger partial charge on any atom is 0.361 e. The van der Waals surface area contributed by atoms with Gasteiger partial charge in [0.15, 0.2) is 0 Å². The van der Waals surface area contributed by atoms with Crippen LogP contribution >= 0.6 is 0 Å². The standard InChI is InChI=1S/C17H22N2O3/c1-10(2)15-13(5)19(22-16(15)20)17(21)18-9-14-11(3)7-6-8-12(14)4/h6-8,10H,9H2,1-5H3,(H,18,21). The van der Waals surface area contributed by atoms with E-state index in [0.29, 0.717) is 17.8 Å². The summed E-state index contributed by atoms with van der Waals surface area (Å²) in [4.78, 5) is 24.1. The number of carbonyl (C=O) groups is 1. The van der Waals surface area contributed by atoms with Crippen molar-refractivity contribution in [2.24, 2.45) is 0 Å². The highest BCUT2D eigenvalue weighted by Crippen LogP contribution is 2.16. The van der Waals surface area contributed by atoms with Crippen molar-refractivity contribution in [1.29, 1.82) is 0 Å². The molecule has 22 heavy (non-hydrogen) atoms. The van der Waals surface area contributed by atoms with Crippen LogP contribution < -0.4 is 10.9 Å². The number of rotatable bonds is 3. The van der Waals surface area contributed by atoms with Crippen molar-refractivity contribution >= 4 is 6.03 Å². The Bertz CT molecular complexity index is 733. The Balaban J connectivity index is 2.21. The van der Waals surface area contributed by atoms with Gasteiger partial charge in [-0.3, -0.25) is 0 Å². The first-order valence-electron chi connectivity index (χ1n) is 7.39. The van der Waals surface area contributed by atoms with Gasteiger partial charge in [-0.1, -0.05) is 32.0 Å². The molecule has 0 bridgehead atoms. The second-order valence-electron chi connectivity index (χ2n) is 5.86. The van der Waals surface area contributed by atoms with Crippen molar-refractivity contribution in [1.82, 2.24) is 10.1 Å². The molecule has 0 spiro atoms. The Morgan fingerprint density at radius 3 is 2.32 bits per heavy atom. The van der Waals surface area contributed by atoms with Gasteiger partial charge in [-0.15, -0.1) is 4.74 Å². The van der Waals surface area contributed by atoms with Gasteiger partial charge in [0, 0.05) is 6.54 Å². The van der Waals surface area contributed by atoms with Crippen LogP contribution in [0.3, 0.4) is 0 Å². The highest BCUT2D eigenvalue weighted by molar-refractivity contribution is 5.76. The molecule has 0 radical (unpaired) electrons. The summed E-state index contributed by atoms with van der Waals surface area (Å²) in [6.45, 7) is 9.93. The van der Waals surface area contributed by atoms with Crippen LogP contribution in [0.1, 0.15) is 47.7 Å². The predicted octanol–water partition coefficient (Wildman–Crippen LogP) is 3.25. The minimum Gasteiger partial charge on any atom is -0.331 e. The average molecular weight is 302 g/mol. The molecule has 1 N–H and O–H groups in total. The van der Waals surface area contributed by atoms with Gasteiger partial charge in [-0.25, -0.2) is 9.59 Å². The van der Waals surface area contributed by atoms with Gasteiger partial charge in [-0.05, 0) is 43.4 Å². The number of nitrogens with zero attached hydrogens (tertiary/aromatic N) is 1. The molecule has 1 amide bonds. The van der Waals surface area contributed by atoms with E-state index in [-0.39, 0.29) is 5.92 Å². The highest BCUT2D eigenvalue weighted by atomic mass is 16.5. The van der Waals surface area contributed by atoms with Crippen molar-refractivity contribution in [3.63, 3.8) is 0 Å². The molecule has 2 aromatic rings. The van der Waals surface area contributed by atoms with Crippen molar-refractivity contribution < 1.29 is 9.32 Å². The van der Waals surface area contributed by atoms with E-state index in [1.54, 1.807) is 6.92 Å². The summed E-state index contributed by atoms with van der Waals surface area (Å²) in [5.41, 5.74) is 3.96. The number of hydrogen-bond acceptors (Lipinski definition) is 3. The van der Waals surface area contributed by atoms with E-state index in [2.05, 4.69) is 5.32 Å². The number of aryl methyl sites for hydroxylation is 2. The molecule has 0 aliphatic rings. The predicted molar refractivity (Wildman–Crippen MR) is 85.3 cm³/mol. The summed E-state index contributed by atoms with van der Waals surface area (Å²) in [5.74, 6) is 0.0175. The summed E-state index contributed by atoms with van der Waals surface area (Å²) in [5, 5.41) is 2.81. The zero-order valence-corrected chi connectivity index (χ0v) is 13.7. The van der Waals surface area contributed by atoms with E-state index in [1.807, 2.05) is 45.9 Å². The third-order valence-corrected chi connectivity index (χ3v) is 3.91. The minimum absolute atomic E-state index is 0.0175. The molecule has 1 aromatic heterocycles.